The van der Waals surface area contributed by atoms with Crippen LogP contribution in [0.2, 0.25) is 0 Å². The fraction of sp³-hybridized carbons (Fsp3) is 0.636. The minimum absolute atomic E-state index is 0.0155. The van der Waals surface area contributed by atoms with Crippen LogP contribution in [0.4, 0.5) is 11.6 Å². The van der Waals surface area contributed by atoms with Crippen LogP contribution in [0.1, 0.15) is 12.2 Å². The molecule has 1 unspecified atom stereocenters. The molecule has 5 N–H and O–H groups in total. The molecule has 0 fully saturated rings. The first-order chi connectivity index (χ1) is 9.23. The van der Waals surface area contributed by atoms with Gasteiger partial charge >= 0.3 is 0 Å². The van der Waals surface area contributed by atoms with E-state index in [1.165, 1.54) is 0 Å². The summed E-state index contributed by atoms with van der Waals surface area (Å²) in [5.41, 5.74) is 2.47. The summed E-state index contributed by atoms with van der Waals surface area (Å²) in [6.07, 6.45) is 0.669. The minimum Gasteiger partial charge on any atom is -0.394 e. The molecule has 1 aromatic heterocycles. The Kier molecular flexibility index (Phi) is 7.04. The molecule has 0 spiro atoms. The second kappa shape index (κ2) is 8.59. The molecule has 0 aliphatic carbocycles. The predicted molar refractivity (Wildman–Crippen MR) is 71.5 cm³/mol. The Hall–Kier alpha value is -1.48. The van der Waals surface area contributed by atoms with Crippen LogP contribution in [0.15, 0.2) is 6.07 Å². The van der Waals surface area contributed by atoms with Crippen molar-refractivity contribution >= 4 is 11.6 Å². The number of rotatable bonds is 9. The number of nitrogens with two attached hydrogens (primary N) is 1. The van der Waals surface area contributed by atoms with Crippen molar-refractivity contribution in [3.8, 4) is 0 Å². The average Bonchev–Trinajstić information content (AvgIpc) is 2.43. The number of hydrogen-bond donors (Lipinski definition) is 4. The first kappa shape index (κ1) is 15.6. The summed E-state index contributed by atoms with van der Waals surface area (Å²) < 4.78 is 9.97. The van der Waals surface area contributed by atoms with Gasteiger partial charge in [0.15, 0.2) is 5.82 Å². The number of nitrogens with one attached hydrogen (secondary N) is 2. The van der Waals surface area contributed by atoms with Gasteiger partial charge in [-0.3, -0.25) is 0 Å². The van der Waals surface area contributed by atoms with E-state index >= 15 is 0 Å². The lowest BCUT2D eigenvalue weighted by atomic mass is 10.2. The van der Waals surface area contributed by atoms with Gasteiger partial charge in [0, 0.05) is 26.9 Å². The lowest BCUT2D eigenvalue weighted by molar-refractivity contribution is 0.174. The standard InChI is InChI=1S/C11H21N5O3/c1-18-4-3-8(6-17)13-9-5-10(16-12)15-11(14-9)7-19-2/h5,8,17H,3-4,6-7,12H2,1-2H3,(H2,13,14,15,16). The number of methoxy groups -OCH3 is 2. The molecular weight excluding hydrogens is 250 g/mol. The molecule has 0 bridgehead atoms. The topological polar surface area (TPSA) is 115 Å². The molecule has 8 nitrogen and oxygen atoms in total. The number of nitrogens with zero attached hydrogens (tertiary/aromatic N) is 2. The summed E-state index contributed by atoms with van der Waals surface area (Å²) in [7, 11) is 3.18. The zero-order valence-corrected chi connectivity index (χ0v) is 11.2. The van der Waals surface area contributed by atoms with E-state index in [4.69, 9.17) is 15.3 Å². The van der Waals surface area contributed by atoms with Crippen molar-refractivity contribution < 1.29 is 14.6 Å². The highest BCUT2D eigenvalue weighted by atomic mass is 16.5. The third-order valence-corrected chi connectivity index (χ3v) is 2.44. The SMILES string of the molecule is COCCC(CO)Nc1cc(NN)nc(COC)n1. The van der Waals surface area contributed by atoms with Crippen LogP contribution in [-0.2, 0) is 16.1 Å². The summed E-state index contributed by atoms with van der Waals surface area (Å²) in [6.45, 7) is 0.820. The van der Waals surface area contributed by atoms with E-state index in [0.29, 0.717) is 30.5 Å². The fourth-order valence-corrected chi connectivity index (χ4v) is 1.52. The van der Waals surface area contributed by atoms with Gasteiger partial charge in [0.2, 0.25) is 0 Å². The third-order valence-electron chi connectivity index (χ3n) is 2.44. The lowest BCUT2D eigenvalue weighted by Gasteiger charge is -2.17. The maximum Gasteiger partial charge on any atom is 0.158 e. The summed E-state index contributed by atoms with van der Waals surface area (Å²) in [5.74, 6) is 6.91. The number of aliphatic hydroxyl groups is 1. The van der Waals surface area contributed by atoms with E-state index in [2.05, 4.69) is 20.7 Å². The Morgan fingerprint density at radius 1 is 1.32 bits per heavy atom. The number of hydrogen-bond acceptors (Lipinski definition) is 8. The molecule has 19 heavy (non-hydrogen) atoms. The van der Waals surface area contributed by atoms with E-state index in [9.17, 15) is 5.11 Å². The summed E-state index contributed by atoms with van der Waals surface area (Å²) in [4.78, 5) is 8.41. The molecule has 0 radical (unpaired) electrons. The monoisotopic (exact) mass is 271 g/mol. The van der Waals surface area contributed by atoms with Crippen LogP contribution in [0.3, 0.4) is 0 Å². The molecule has 0 aliphatic rings. The molecule has 0 aliphatic heterocycles. The normalized spacial score (nSPS) is 12.2. The Morgan fingerprint density at radius 3 is 2.63 bits per heavy atom. The van der Waals surface area contributed by atoms with Gasteiger partial charge in [-0.15, -0.1) is 0 Å². The van der Waals surface area contributed by atoms with Crippen molar-refractivity contribution in [2.75, 3.05) is 38.2 Å². The number of aromatic nitrogens is 2. The van der Waals surface area contributed by atoms with Crippen LogP contribution in [0.5, 0.6) is 0 Å². The summed E-state index contributed by atoms with van der Waals surface area (Å²) in [5, 5.41) is 12.4. The molecule has 1 atom stereocenters. The fourth-order valence-electron chi connectivity index (χ4n) is 1.52. The number of ether oxygens (including phenoxy) is 2. The van der Waals surface area contributed by atoms with Gasteiger partial charge in [-0.05, 0) is 6.42 Å². The molecule has 0 saturated carbocycles. The molecule has 1 heterocycles. The second-order valence-corrected chi connectivity index (χ2v) is 3.94. The van der Waals surface area contributed by atoms with Crippen LogP contribution in [0, 0.1) is 0 Å². The Labute approximate surface area is 112 Å². The number of hydrazine groups is 1. The molecule has 1 aromatic rings. The van der Waals surface area contributed by atoms with Gasteiger partial charge in [0.25, 0.3) is 0 Å². The number of nitrogen functional groups attached to an aromatic ring is 1. The average molecular weight is 271 g/mol. The zero-order chi connectivity index (χ0) is 14.1. The lowest BCUT2D eigenvalue weighted by Crippen LogP contribution is -2.26. The summed E-state index contributed by atoms with van der Waals surface area (Å²) >= 11 is 0. The molecule has 0 aromatic carbocycles. The number of aliphatic hydroxyl groups excluding tert-OH is 1. The van der Waals surface area contributed by atoms with Gasteiger partial charge in [0.05, 0.1) is 12.6 Å². The van der Waals surface area contributed by atoms with Crippen molar-refractivity contribution in [3.63, 3.8) is 0 Å². The second-order valence-electron chi connectivity index (χ2n) is 3.94. The third kappa shape index (κ3) is 5.35. The van der Waals surface area contributed by atoms with Crippen molar-refractivity contribution in [3.05, 3.63) is 11.9 Å². The van der Waals surface area contributed by atoms with Crippen molar-refractivity contribution in [1.82, 2.24) is 9.97 Å². The molecular formula is C11H21N5O3. The maximum atomic E-state index is 9.29. The van der Waals surface area contributed by atoms with Crippen LogP contribution in [-0.4, -0.2) is 48.5 Å². The highest BCUT2D eigenvalue weighted by molar-refractivity contribution is 5.47. The van der Waals surface area contributed by atoms with Gasteiger partial charge in [-0.25, -0.2) is 15.8 Å². The highest BCUT2D eigenvalue weighted by Crippen LogP contribution is 2.13. The van der Waals surface area contributed by atoms with E-state index in [-0.39, 0.29) is 19.3 Å². The molecule has 0 saturated heterocycles. The van der Waals surface area contributed by atoms with Gasteiger partial charge in [-0.1, -0.05) is 0 Å². The molecule has 108 valence electrons. The predicted octanol–water partition coefficient (Wildman–Crippen LogP) is -0.282. The smallest absolute Gasteiger partial charge is 0.158 e. The Bertz CT molecular complexity index is 377. The largest absolute Gasteiger partial charge is 0.394 e. The van der Waals surface area contributed by atoms with Crippen LogP contribution in [0.25, 0.3) is 0 Å². The quantitative estimate of drug-likeness (QED) is 0.358. The van der Waals surface area contributed by atoms with E-state index in [1.54, 1.807) is 20.3 Å². The molecule has 8 heteroatoms. The zero-order valence-electron chi connectivity index (χ0n) is 11.2. The minimum atomic E-state index is -0.143. The van der Waals surface area contributed by atoms with Crippen molar-refractivity contribution in [2.45, 2.75) is 19.1 Å². The van der Waals surface area contributed by atoms with E-state index in [0.717, 1.165) is 0 Å². The van der Waals surface area contributed by atoms with Crippen molar-refractivity contribution in [2.24, 2.45) is 5.84 Å². The van der Waals surface area contributed by atoms with Crippen LogP contribution >= 0.6 is 0 Å². The first-order valence-electron chi connectivity index (χ1n) is 5.93. The van der Waals surface area contributed by atoms with Gasteiger partial charge in [0.1, 0.15) is 18.2 Å². The van der Waals surface area contributed by atoms with Crippen molar-refractivity contribution in [1.29, 1.82) is 0 Å². The van der Waals surface area contributed by atoms with Gasteiger partial charge < -0.3 is 25.3 Å². The van der Waals surface area contributed by atoms with Gasteiger partial charge in [-0.2, -0.15) is 0 Å². The Balaban J connectivity index is 2.76. The molecule has 0 amide bonds. The van der Waals surface area contributed by atoms with Crippen LogP contribution < -0.4 is 16.6 Å². The highest BCUT2D eigenvalue weighted by Gasteiger charge is 2.10. The maximum absolute atomic E-state index is 9.29. The first-order valence-corrected chi connectivity index (χ1v) is 5.93. The van der Waals surface area contributed by atoms with E-state index < -0.39 is 0 Å². The molecule has 1 rings (SSSR count). The summed E-state index contributed by atoms with van der Waals surface area (Å²) in [6, 6.07) is 1.52. The Morgan fingerprint density at radius 2 is 2.05 bits per heavy atom. The van der Waals surface area contributed by atoms with E-state index in [1.807, 2.05) is 0 Å². The number of anilines is 2.